The van der Waals surface area contributed by atoms with Gasteiger partial charge in [0.05, 0.1) is 12.6 Å². The highest BCUT2D eigenvalue weighted by Gasteiger charge is 2.25. The van der Waals surface area contributed by atoms with Gasteiger partial charge in [-0.05, 0) is 18.1 Å². The zero-order chi connectivity index (χ0) is 16.7. The Morgan fingerprint density at radius 2 is 1.52 bits per heavy atom. The summed E-state index contributed by atoms with van der Waals surface area (Å²) in [5.74, 6) is -0.466. The van der Waals surface area contributed by atoms with Gasteiger partial charge in [-0.15, -0.1) is 0 Å². The molecule has 23 heavy (non-hydrogen) atoms. The van der Waals surface area contributed by atoms with Crippen LogP contribution in [0.4, 0.5) is 4.79 Å². The van der Waals surface area contributed by atoms with Crippen molar-refractivity contribution in [2.24, 2.45) is 5.73 Å². The van der Waals surface area contributed by atoms with E-state index in [1.165, 1.54) is 0 Å². The van der Waals surface area contributed by atoms with Crippen molar-refractivity contribution < 1.29 is 14.3 Å². The van der Waals surface area contributed by atoms with Crippen LogP contribution in [0.1, 0.15) is 18.1 Å². The maximum absolute atomic E-state index is 12.3. The topological polar surface area (TPSA) is 72.6 Å². The fourth-order valence-corrected chi connectivity index (χ4v) is 2.04. The number of nitrogens with zero attached hydrogens (tertiary/aromatic N) is 1. The molecule has 2 aromatic carbocycles. The van der Waals surface area contributed by atoms with Crippen LogP contribution in [0.3, 0.4) is 0 Å². The zero-order valence-corrected chi connectivity index (χ0v) is 13.0. The molecule has 2 amide bonds. The normalized spacial score (nSPS) is 11.6. The van der Waals surface area contributed by atoms with E-state index in [0.717, 1.165) is 16.0 Å². The molecule has 2 N–H and O–H groups in total. The first-order valence-corrected chi connectivity index (χ1v) is 7.39. The van der Waals surface area contributed by atoms with E-state index in [0.29, 0.717) is 0 Å². The fraction of sp³-hybridized carbons (Fsp3) is 0.222. The molecule has 2 rings (SSSR count). The van der Waals surface area contributed by atoms with Gasteiger partial charge in [0.2, 0.25) is 5.91 Å². The summed E-state index contributed by atoms with van der Waals surface area (Å²) in [5.41, 5.74) is 7.32. The van der Waals surface area contributed by atoms with E-state index < -0.39 is 18.0 Å². The third-order valence-corrected chi connectivity index (χ3v) is 3.26. The molecule has 0 saturated heterocycles. The number of benzene rings is 2. The van der Waals surface area contributed by atoms with Crippen molar-refractivity contribution in [2.75, 3.05) is 0 Å². The summed E-state index contributed by atoms with van der Waals surface area (Å²) >= 11 is 0. The number of carbonyl (C=O) groups is 2. The highest BCUT2D eigenvalue weighted by atomic mass is 16.6. The van der Waals surface area contributed by atoms with Crippen molar-refractivity contribution in [1.82, 2.24) is 4.90 Å². The molecule has 0 bridgehead atoms. The second-order valence-corrected chi connectivity index (χ2v) is 5.24. The molecule has 0 aliphatic rings. The number of hydrogen-bond donors (Lipinski definition) is 1. The summed E-state index contributed by atoms with van der Waals surface area (Å²) in [4.78, 5) is 25.5. The van der Waals surface area contributed by atoms with Crippen molar-refractivity contribution in [3.63, 3.8) is 0 Å². The molecule has 120 valence electrons. The van der Waals surface area contributed by atoms with E-state index in [1.54, 1.807) is 6.92 Å². The first kappa shape index (κ1) is 16.7. The lowest BCUT2D eigenvalue weighted by Gasteiger charge is -2.22. The van der Waals surface area contributed by atoms with Crippen molar-refractivity contribution >= 4 is 12.0 Å². The maximum atomic E-state index is 12.3. The highest BCUT2D eigenvalue weighted by molar-refractivity contribution is 5.94. The van der Waals surface area contributed by atoms with Crippen LogP contribution >= 0.6 is 0 Å². The van der Waals surface area contributed by atoms with Gasteiger partial charge in [-0.25, -0.2) is 9.69 Å². The van der Waals surface area contributed by atoms with Crippen LogP contribution in [0, 0.1) is 0 Å². The molecular formula is C18H20N2O3. The van der Waals surface area contributed by atoms with E-state index in [9.17, 15) is 9.59 Å². The van der Waals surface area contributed by atoms with Gasteiger partial charge < -0.3 is 10.5 Å². The van der Waals surface area contributed by atoms with Crippen molar-refractivity contribution in [1.29, 1.82) is 0 Å². The lowest BCUT2D eigenvalue weighted by Crippen LogP contribution is -2.45. The van der Waals surface area contributed by atoms with E-state index in [2.05, 4.69) is 0 Å². The Bertz CT molecular complexity index is 642. The summed E-state index contributed by atoms with van der Waals surface area (Å²) in [7, 11) is 0. The van der Waals surface area contributed by atoms with E-state index in [1.807, 2.05) is 60.7 Å². The lowest BCUT2D eigenvalue weighted by atomic mass is 10.2. The third-order valence-electron chi connectivity index (χ3n) is 3.26. The average molecular weight is 312 g/mol. The van der Waals surface area contributed by atoms with Gasteiger partial charge in [0.25, 0.3) is 0 Å². The third kappa shape index (κ3) is 4.93. The number of ether oxygens (including phenoxy) is 1. The molecule has 0 aliphatic carbocycles. The smallest absolute Gasteiger partial charge is 0.417 e. The second kappa shape index (κ2) is 8.10. The summed E-state index contributed by atoms with van der Waals surface area (Å²) in [6, 6.07) is 17.8. The first-order valence-electron chi connectivity index (χ1n) is 7.39. The van der Waals surface area contributed by atoms with Gasteiger partial charge in [-0.3, -0.25) is 4.79 Å². The highest BCUT2D eigenvalue weighted by Crippen LogP contribution is 2.10. The Kier molecular flexibility index (Phi) is 5.88. The average Bonchev–Trinajstić information content (AvgIpc) is 2.58. The Morgan fingerprint density at radius 3 is 2.04 bits per heavy atom. The van der Waals surface area contributed by atoms with Gasteiger partial charge in [0, 0.05) is 0 Å². The minimum absolute atomic E-state index is 0.108. The van der Waals surface area contributed by atoms with Crippen LogP contribution in [0.2, 0.25) is 0 Å². The maximum Gasteiger partial charge on any atom is 0.417 e. The molecule has 0 heterocycles. The van der Waals surface area contributed by atoms with E-state index >= 15 is 0 Å². The Morgan fingerprint density at radius 1 is 1.00 bits per heavy atom. The molecule has 2 aromatic rings. The molecule has 0 spiro atoms. The van der Waals surface area contributed by atoms with Crippen LogP contribution in [0.5, 0.6) is 0 Å². The Labute approximate surface area is 135 Å². The summed E-state index contributed by atoms with van der Waals surface area (Å²) in [6.45, 7) is 1.79. The van der Waals surface area contributed by atoms with Crippen molar-refractivity contribution in [3.8, 4) is 0 Å². The number of hydrogen-bond acceptors (Lipinski definition) is 4. The molecule has 0 saturated carbocycles. The van der Waals surface area contributed by atoms with Gasteiger partial charge in [0.1, 0.15) is 6.61 Å². The predicted molar refractivity (Wildman–Crippen MR) is 87.3 cm³/mol. The monoisotopic (exact) mass is 312 g/mol. The summed E-state index contributed by atoms with van der Waals surface area (Å²) in [5, 5.41) is 0. The van der Waals surface area contributed by atoms with Crippen molar-refractivity contribution in [2.45, 2.75) is 26.1 Å². The minimum atomic E-state index is -0.775. The standard InChI is InChI=1S/C18H20N2O3/c1-14(19)17(21)20(12-15-8-4-2-5-9-15)18(22)23-13-16-10-6-3-7-11-16/h2-11,14H,12-13,19H2,1H3/t14-/m0/s1. The second-order valence-electron chi connectivity index (χ2n) is 5.24. The minimum Gasteiger partial charge on any atom is -0.444 e. The largest absolute Gasteiger partial charge is 0.444 e. The first-order chi connectivity index (χ1) is 11.1. The van der Waals surface area contributed by atoms with Crippen LogP contribution in [-0.2, 0) is 22.7 Å². The van der Waals surface area contributed by atoms with Crippen molar-refractivity contribution in [3.05, 3.63) is 71.8 Å². The number of carbonyl (C=O) groups excluding carboxylic acids is 2. The molecule has 0 unspecified atom stereocenters. The van der Waals surface area contributed by atoms with Gasteiger partial charge >= 0.3 is 6.09 Å². The lowest BCUT2D eigenvalue weighted by molar-refractivity contribution is -0.131. The molecule has 5 nitrogen and oxygen atoms in total. The Hall–Kier alpha value is -2.66. The quantitative estimate of drug-likeness (QED) is 0.921. The number of rotatable bonds is 5. The molecule has 0 fully saturated rings. The number of amides is 2. The van der Waals surface area contributed by atoms with Crippen LogP contribution in [0.15, 0.2) is 60.7 Å². The van der Waals surface area contributed by atoms with Gasteiger partial charge in [0.15, 0.2) is 0 Å². The summed E-state index contributed by atoms with van der Waals surface area (Å²) in [6.07, 6.45) is -0.694. The summed E-state index contributed by atoms with van der Waals surface area (Å²) < 4.78 is 5.24. The Balaban J connectivity index is 2.06. The fourth-order valence-electron chi connectivity index (χ4n) is 2.04. The van der Waals surface area contributed by atoms with Gasteiger partial charge in [-0.2, -0.15) is 0 Å². The van der Waals surface area contributed by atoms with Crippen LogP contribution in [-0.4, -0.2) is 22.9 Å². The predicted octanol–water partition coefficient (Wildman–Crippen LogP) is 2.70. The molecular weight excluding hydrogens is 292 g/mol. The number of nitrogens with two attached hydrogens (primary N) is 1. The molecule has 1 atom stereocenters. The van der Waals surface area contributed by atoms with Crippen LogP contribution in [0.25, 0.3) is 0 Å². The van der Waals surface area contributed by atoms with Gasteiger partial charge in [-0.1, -0.05) is 60.7 Å². The van der Waals surface area contributed by atoms with E-state index in [-0.39, 0.29) is 13.2 Å². The number of imide groups is 1. The molecule has 0 aromatic heterocycles. The molecule has 5 heteroatoms. The molecule has 0 radical (unpaired) electrons. The molecule has 0 aliphatic heterocycles. The van der Waals surface area contributed by atoms with Crippen LogP contribution < -0.4 is 5.73 Å². The SMILES string of the molecule is C[C@H](N)C(=O)N(Cc1ccccc1)C(=O)OCc1ccccc1. The zero-order valence-electron chi connectivity index (χ0n) is 13.0. The van der Waals surface area contributed by atoms with E-state index in [4.69, 9.17) is 10.5 Å².